The van der Waals surface area contributed by atoms with Crippen molar-refractivity contribution in [1.82, 2.24) is 39.0 Å². The summed E-state index contributed by atoms with van der Waals surface area (Å²) < 4.78 is 94.1. The van der Waals surface area contributed by atoms with Gasteiger partial charge in [-0.3, -0.25) is 9.69 Å². The number of hydrogen-bond donors (Lipinski definition) is 2. The smallest absolute Gasteiger partial charge is 0.411 e. The molecule has 3 heterocycles. The fourth-order valence-electron chi connectivity index (χ4n) is 8.45. The van der Waals surface area contributed by atoms with Gasteiger partial charge in [0.2, 0.25) is 31.8 Å². The Morgan fingerprint density at radius 3 is 1.74 bits per heavy atom. The maximum Gasteiger partial charge on any atom is 0.411 e. The van der Waals surface area contributed by atoms with Gasteiger partial charge >= 0.3 is 12.2 Å². The largest absolute Gasteiger partial charge is 0.497 e. The minimum absolute atomic E-state index is 0.0101. The van der Waals surface area contributed by atoms with Crippen LogP contribution in [0.25, 0.3) is 11.4 Å². The van der Waals surface area contributed by atoms with Crippen molar-refractivity contribution in [2.75, 3.05) is 59.0 Å². The van der Waals surface area contributed by atoms with E-state index >= 15 is 16.8 Å². The number of aromatic nitrogens is 4. The van der Waals surface area contributed by atoms with E-state index in [1.807, 2.05) is 0 Å². The number of piperazine rings is 1. The summed E-state index contributed by atoms with van der Waals surface area (Å²) in [5.41, 5.74) is 5.87. The van der Waals surface area contributed by atoms with Crippen LogP contribution in [0.5, 0.6) is 17.2 Å². The number of anilines is 1. The number of carbonyl (C=O) groups is 3. The van der Waals surface area contributed by atoms with E-state index in [4.69, 9.17) is 34.5 Å². The van der Waals surface area contributed by atoms with E-state index in [1.54, 1.807) is 119 Å². The number of ether oxygens (including phenoxy) is 5. The van der Waals surface area contributed by atoms with E-state index in [9.17, 15) is 14.4 Å². The van der Waals surface area contributed by atoms with Crippen LogP contribution in [0.4, 0.5) is 15.3 Å². The second-order valence-corrected chi connectivity index (χ2v) is 23.4. The first-order valence-corrected chi connectivity index (χ1v) is 26.7. The fourth-order valence-corrected chi connectivity index (χ4v) is 12.1. The first-order chi connectivity index (χ1) is 34.9. The summed E-state index contributed by atoms with van der Waals surface area (Å²) in [7, 11) is -5.36. The summed E-state index contributed by atoms with van der Waals surface area (Å²) in [5, 5.41) is 13.4. The van der Waals surface area contributed by atoms with Gasteiger partial charge in [0.15, 0.2) is 0 Å². The van der Waals surface area contributed by atoms with Gasteiger partial charge in [-0.2, -0.15) is 9.10 Å². The van der Waals surface area contributed by atoms with Crippen molar-refractivity contribution >= 4 is 43.8 Å². The molecule has 2 fully saturated rings. The Bertz CT molecular complexity index is 2980. The number of hydrogen-bond acceptors (Lipinski definition) is 16. The Morgan fingerprint density at radius 2 is 1.23 bits per heavy atom. The minimum atomic E-state index is -5.06. The lowest BCUT2D eigenvalue weighted by molar-refractivity contribution is -0.123. The number of rotatable bonds is 17. The molecule has 24 heteroatoms. The predicted octanol–water partition coefficient (Wildman–Crippen LogP) is 5.00. The van der Waals surface area contributed by atoms with Crippen molar-refractivity contribution in [3.8, 4) is 28.6 Å². The molecule has 5 aromatic rings. The molecule has 2 aliphatic rings. The third-order valence-electron chi connectivity index (χ3n) is 12.0. The molecule has 3 N–H and O–H groups in total. The molecule has 2 atom stereocenters. The Labute approximate surface area is 431 Å². The van der Waals surface area contributed by atoms with Crippen LogP contribution in [0.3, 0.4) is 0 Å². The molecular weight excluding hydrogens is 997 g/mol. The maximum atomic E-state index is 16.3. The molecule has 0 bridgehead atoms. The molecule has 74 heavy (non-hydrogen) atoms. The molecule has 398 valence electrons. The van der Waals surface area contributed by atoms with E-state index in [1.165, 1.54) is 48.1 Å². The van der Waals surface area contributed by atoms with Gasteiger partial charge < -0.3 is 39.2 Å². The topological polar surface area (TPSA) is 260 Å². The standard InChI is InChI=1S/C50H64N10O12S2/c1-49(2,3)71-47(62)57-25-24-36(31-57)54-73(64,65)42-23-22-40(56-26-27-59(41(32-56)45(51)61)48(63)72-50(4,5)6)43(46-52-55-60(53-46)30-35-14-20-39(70-9)21-15-35)44(42)74(66,67)58(28-33-10-16-37(68-7)17-11-33)29-34-12-18-38(69-8)19-13-34/h10-23,36,41,54H,24-32H2,1-9H3,(H2,51,61)/t36-,41?/m1/s1. The number of nitrogens with zero attached hydrogens (tertiary/aromatic N) is 8. The third kappa shape index (κ3) is 13.2. The van der Waals surface area contributed by atoms with Gasteiger partial charge in [-0.05, 0) is 118 Å². The molecule has 2 saturated heterocycles. The zero-order valence-corrected chi connectivity index (χ0v) is 44.6. The first-order valence-electron chi connectivity index (χ1n) is 23.8. The van der Waals surface area contributed by atoms with E-state index in [2.05, 4.69) is 15.0 Å². The molecule has 1 unspecified atom stereocenters. The van der Waals surface area contributed by atoms with Gasteiger partial charge in [0.05, 0.1) is 33.4 Å². The number of benzene rings is 4. The number of likely N-dealkylation sites (tertiary alicyclic amines) is 1. The number of nitrogens with two attached hydrogens (primary N) is 1. The Kier molecular flexibility index (Phi) is 16.4. The van der Waals surface area contributed by atoms with Crippen LogP contribution in [0, 0.1) is 0 Å². The second kappa shape index (κ2) is 22.2. The number of primary amides is 1. The number of amides is 3. The zero-order valence-electron chi connectivity index (χ0n) is 43.0. The summed E-state index contributed by atoms with van der Waals surface area (Å²) in [5.74, 6) is 0.505. The average Bonchev–Trinajstić information content (AvgIpc) is 4.02. The van der Waals surface area contributed by atoms with Crippen molar-refractivity contribution in [2.45, 2.75) is 101 Å². The Hall–Kier alpha value is -7.02. The summed E-state index contributed by atoms with van der Waals surface area (Å²) in [4.78, 5) is 44.0. The van der Waals surface area contributed by atoms with E-state index in [0.29, 0.717) is 28.4 Å². The highest BCUT2D eigenvalue weighted by molar-refractivity contribution is 7.92. The van der Waals surface area contributed by atoms with Crippen molar-refractivity contribution < 1.29 is 54.9 Å². The predicted molar refractivity (Wildman–Crippen MR) is 272 cm³/mol. The van der Waals surface area contributed by atoms with Crippen LogP contribution in [-0.4, -0.2) is 147 Å². The quantitative estimate of drug-likeness (QED) is 0.124. The maximum absolute atomic E-state index is 16.3. The van der Waals surface area contributed by atoms with Crippen LogP contribution < -0.4 is 29.6 Å². The fraction of sp³-hybridized carbons (Fsp3) is 0.440. The summed E-state index contributed by atoms with van der Waals surface area (Å²) in [6.45, 7) is 9.44. The summed E-state index contributed by atoms with van der Waals surface area (Å²) in [6.07, 6.45) is -1.24. The average molecular weight is 1060 g/mol. The molecule has 0 spiro atoms. The Morgan fingerprint density at radius 1 is 0.703 bits per heavy atom. The molecule has 0 radical (unpaired) electrons. The number of tetrazole rings is 1. The number of methoxy groups -OCH3 is 3. The van der Waals surface area contributed by atoms with Gasteiger partial charge in [0, 0.05) is 57.5 Å². The van der Waals surface area contributed by atoms with Crippen LogP contribution in [-0.2, 0) is 53.9 Å². The molecule has 4 aromatic carbocycles. The molecule has 0 aliphatic carbocycles. The molecular formula is C50H64N10O12S2. The van der Waals surface area contributed by atoms with Gasteiger partial charge in [-0.25, -0.2) is 31.1 Å². The zero-order chi connectivity index (χ0) is 53.8. The van der Waals surface area contributed by atoms with Crippen molar-refractivity contribution in [3.05, 3.63) is 102 Å². The van der Waals surface area contributed by atoms with Crippen LogP contribution in [0.15, 0.2) is 94.7 Å². The number of nitrogens with one attached hydrogen (secondary N) is 1. The van der Waals surface area contributed by atoms with Crippen LogP contribution >= 0.6 is 0 Å². The van der Waals surface area contributed by atoms with Crippen LogP contribution in [0.1, 0.15) is 64.7 Å². The van der Waals surface area contributed by atoms with Crippen molar-refractivity contribution in [1.29, 1.82) is 0 Å². The molecule has 7 rings (SSSR count). The first kappa shape index (κ1) is 54.7. The number of sulfonamides is 2. The number of carbonyl (C=O) groups excluding carboxylic acids is 3. The molecule has 0 saturated carbocycles. The van der Waals surface area contributed by atoms with Gasteiger partial charge in [0.1, 0.15) is 44.3 Å². The SMILES string of the molecule is COc1ccc(CN(Cc2ccc(OC)cc2)S(=O)(=O)c2c(S(=O)(=O)N[C@@H]3CCN(C(=O)OC(C)(C)C)C3)ccc(N3CCN(C(=O)OC(C)(C)C)C(C(N)=O)C3)c2-c2nnn(Cc3ccc(OC)cc3)n2)cc1. The minimum Gasteiger partial charge on any atom is -0.497 e. The molecule has 2 aliphatic heterocycles. The lowest BCUT2D eigenvalue weighted by Crippen LogP contribution is -2.60. The monoisotopic (exact) mass is 1060 g/mol. The van der Waals surface area contributed by atoms with E-state index < -0.39 is 71.2 Å². The summed E-state index contributed by atoms with van der Waals surface area (Å²) >= 11 is 0. The summed E-state index contributed by atoms with van der Waals surface area (Å²) in [6, 6.07) is 21.0. The van der Waals surface area contributed by atoms with Crippen molar-refractivity contribution in [3.63, 3.8) is 0 Å². The lowest BCUT2D eigenvalue weighted by Gasteiger charge is -2.41. The van der Waals surface area contributed by atoms with Gasteiger partial charge in [0.25, 0.3) is 0 Å². The van der Waals surface area contributed by atoms with Gasteiger partial charge in [-0.15, -0.1) is 10.2 Å². The van der Waals surface area contributed by atoms with E-state index in [-0.39, 0.29) is 75.9 Å². The van der Waals surface area contributed by atoms with Crippen LogP contribution in [0.2, 0.25) is 0 Å². The highest BCUT2D eigenvalue weighted by atomic mass is 32.2. The third-order valence-corrected chi connectivity index (χ3v) is 15.6. The van der Waals surface area contributed by atoms with E-state index in [0.717, 1.165) is 9.87 Å². The molecule has 22 nitrogen and oxygen atoms in total. The lowest BCUT2D eigenvalue weighted by atomic mass is 10.1. The second-order valence-electron chi connectivity index (χ2n) is 19.8. The van der Waals surface area contributed by atoms with Gasteiger partial charge in [-0.1, -0.05) is 36.4 Å². The normalized spacial score (nSPS) is 16.5. The Balaban J connectivity index is 1.44. The highest BCUT2D eigenvalue weighted by Crippen LogP contribution is 2.42. The molecule has 1 aromatic heterocycles. The highest BCUT2D eigenvalue weighted by Gasteiger charge is 2.43. The van der Waals surface area contributed by atoms with Crippen molar-refractivity contribution in [2.24, 2.45) is 5.73 Å². The molecule has 3 amide bonds.